The van der Waals surface area contributed by atoms with E-state index in [-0.39, 0.29) is 43.1 Å². The first-order valence-corrected chi connectivity index (χ1v) is 6.50. The lowest BCUT2D eigenvalue weighted by Gasteiger charge is -2.16. The second-order valence-electron chi connectivity index (χ2n) is 4.94. The molecule has 2 rings (SSSR count). The van der Waals surface area contributed by atoms with Gasteiger partial charge in [0.1, 0.15) is 0 Å². The molecule has 0 spiro atoms. The smallest absolute Gasteiger partial charge is 0.309 e. The summed E-state index contributed by atoms with van der Waals surface area (Å²) in [5.41, 5.74) is 1.58. The third-order valence-corrected chi connectivity index (χ3v) is 3.48. The molecule has 1 saturated heterocycles. The van der Waals surface area contributed by atoms with Gasteiger partial charge in [0.15, 0.2) is 0 Å². The number of rotatable bonds is 4. The van der Waals surface area contributed by atoms with E-state index in [2.05, 4.69) is 4.74 Å². The van der Waals surface area contributed by atoms with Crippen molar-refractivity contribution in [2.45, 2.75) is 26.3 Å². The van der Waals surface area contributed by atoms with Crippen LogP contribution in [-0.2, 0) is 32.1 Å². The standard InChI is InChI=1S/C15H17NO4/c1-10-7-13(17)16(15(10)19)9-12-6-4-3-5-11(12)8-14(18)20-2/h3-6,10H,7-9H2,1-2H3. The zero-order chi connectivity index (χ0) is 14.7. The first-order valence-electron chi connectivity index (χ1n) is 6.50. The molecule has 1 unspecified atom stereocenters. The van der Waals surface area contributed by atoms with Gasteiger partial charge >= 0.3 is 5.97 Å². The minimum absolute atomic E-state index is 0.137. The summed E-state index contributed by atoms with van der Waals surface area (Å²) in [5.74, 6) is -0.904. The second-order valence-corrected chi connectivity index (χ2v) is 4.94. The molecule has 1 aromatic rings. The zero-order valence-corrected chi connectivity index (χ0v) is 11.6. The molecule has 20 heavy (non-hydrogen) atoms. The Balaban J connectivity index is 2.19. The molecule has 1 aliphatic rings. The van der Waals surface area contributed by atoms with Crippen molar-refractivity contribution in [2.24, 2.45) is 5.92 Å². The minimum atomic E-state index is -0.343. The van der Waals surface area contributed by atoms with Crippen LogP contribution in [0, 0.1) is 5.92 Å². The highest BCUT2D eigenvalue weighted by Gasteiger charge is 2.35. The van der Waals surface area contributed by atoms with E-state index in [1.165, 1.54) is 12.0 Å². The molecular formula is C15H17NO4. The second kappa shape index (κ2) is 5.86. The average Bonchev–Trinajstić information content (AvgIpc) is 2.67. The molecule has 5 nitrogen and oxygen atoms in total. The Morgan fingerprint density at radius 2 is 1.95 bits per heavy atom. The van der Waals surface area contributed by atoms with Crippen molar-refractivity contribution in [3.63, 3.8) is 0 Å². The molecule has 0 aliphatic carbocycles. The van der Waals surface area contributed by atoms with Crippen LogP contribution in [0.5, 0.6) is 0 Å². The van der Waals surface area contributed by atoms with Gasteiger partial charge in [-0.25, -0.2) is 0 Å². The first-order chi connectivity index (χ1) is 9.52. The third kappa shape index (κ3) is 2.87. The van der Waals surface area contributed by atoms with Crippen molar-refractivity contribution in [1.29, 1.82) is 0 Å². The number of likely N-dealkylation sites (tertiary alicyclic amines) is 1. The molecule has 0 N–H and O–H groups in total. The van der Waals surface area contributed by atoms with Gasteiger partial charge in [-0.1, -0.05) is 31.2 Å². The lowest BCUT2D eigenvalue weighted by atomic mass is 10.0. The molecule has 1 atom stereocenters. The number of carbonyl (C=O) groups is 3. The molecule has 106 valence electrons. The number of hydrogen-bond donors (Lipinski definition) is 0. The Hall–Kier alpha value is -2.17. The molecule has 1 aliphatic heterocycles. The molecular weight excluding hydrogens is 258 g/mol. The number of esters is 1. The third-order valence-electron chi connectivity index (χ3n) is 3.48. The van der Waals surface area contributed by atoms with E-state index in [1.54, 1.807) is 13.0 Å². The van der Waals surface area contributed by atoms with E-state index in [9.17, 15) is 14.4 Å². The number of imide groups is 1. The van der Waals surface area contributed by atoms with Crippen molar-refractivity contribution in [2.75, 3.05) is 7.11 Å². The number of ether oxygens (including phenoxy) is 1. The van der Waals surface area contributed by atoms with Crippen molar-refractivity contribution >= 4 is 17.8 Å². The normalized spacial score (nSPS) is 18.5. The van der Waals surface area contributed by atoms with Gasteiger partial charge in [0.25, 0.3) is 0 Å². The van der Waals surface area contributed by atoms with Gasteiger partial charge in [0.2, 0.25) is 11.8 Å². The fourth-order valence-corrected chi connectivity index (χ4v) is 2.30. The van der Waals surface area contributed by atoms with Gasteiger partial charge in [0.05, 0.1) is 20.1 Å². The largest absolute Gasteiger partial charge is 0.469 e. The summed E-state index contributed by atoms with van der Waals surface area (Å²) in [7, 11) is 1.33. The number of carbonyl (C=O) groups excluding carboxylic acids is 3. The molecule has 0 aromatic heterocycles. The lowest BCUT2D eigenvalue weighted by Crippen LogP contribution is -2.30. The highest BCUT2D eigenvalue weighted by atomic mass is 16.5. The number of amides is 2. The van der Waals surface area contributed by atoms with Crippen molar-refractivity contribution < 1.29 is 19.1 Å². The molecule has 5 heteroatoms. The summed E-state index contributed by atoms with van der Waals surface area (Å²) in [4.78, 5) is 36.4. The topological polar surface area (TPSA) is 63.7 Å². The molecule has 1 heterocycles. The maximum absolute atomic E-state index is 11.9. The van der Waals surface area contributed by atoms with Crippen molar-refractivity contribution in [3.8, 4) is 0 Å². The molecule has 0 saturated carbocycles. The van der Waals surface area contributed by atoms with Gasteiger partial charge in [0, 0.05) is 12.3 Å². The van der Waals surface area contributed by atoms with Crippen LogP contribution in [0.25, 0.3) is 0 Å². The molecule has 0 radical (unpaired) electrons. The fraction of sp³-hybridized carbons (Fsp3) is 0.400. The molecule has 0 bridgehead atoms. The van der Waals surface area contributed by atoms with Crippen LogP contribution >= 0.6 is 0 Å². The van der Waals surface area contributed by atoms with Crippen molar-refractivity contribution in [3.05, 3.63) is 35.4 Å². The highest BCUT2D eigenvalue weighted by molar-refractivity contribution is 6.03. The molecule has 2 amide bonds. The van der Waals surface area contributed by atoms with E-state index in [1.807, 2.05) is 18.2 Å². The Labute approximate surface area is 117 Å². The Morgan fingerprint density at radius 3 is 2.50 bits per heavy atom. The van der Waals surface area contributed by atoms with Crippen molar-refractivity contribution in [1.82, 2.24) is 4.90 Å². The average molecular weight is 275 g/mol. The quantitative estimate of drug-likeness (QED) is 0.613. The Morgan fingerprint density at radius 1 is 1.30 bits per heavy atom. The Bertz CT molecular complexity index is 553. The first kappa shape index (κ1) is 14.2. The highest BCUT2D eigenvalue weighted by Crippen LogP contribution is 2.22. The van der Waals surface area contributed by atoms with Gasteiger partial charge in [-0.2, -0.15) is 0 Å². The summed E-state index contributed by atoms with van der Waals surface area (Å²) in [6.07, 6.45) is 0.399. The number of hydrogen-bond acceptors (Lipinski definition) is 4. The maximum Gasteiger partial charge on any atom is 0.309 e. The maximum atomic E-state index is 11.9. The lowest BCUT2D eigenvalue weighted by molar-refractivity contribution is -0.140. The predicted octanol–water partition coefficient (Wildman–Crippen LogP) is 1.30. The van der Waals surface area contributed by atoms with E-state index >= 15 is 0 Å². The van der Waals surface area contributed by atoms with Crippen LogP contribution in [0.4, 0.5) is 0 Å². The van der Waals surface area contributed by atoms with E-state index < -0.39 is 0 Å². The summed E-state index contributed by atoms with van der Waals surface area (Å²) in [6.45, 7) is 1.97. The molecule has 1 aromatic carbocycles. The van der Waals surface area contributed by atoms with Gasteiger partial charge in [-0.15, -0.1) is 0 Å². The summed E-state index contributed by atoms with van der Waals surface area (Å²) in [5, 5.41) is 0. The monoisotopic (exact) mass is 275 g/mol. The van der Waals surface area contributed by atoms with Crippen LogP contribution in [0.3, 0.4) is 0 Å². The van der Waals surface area contributed by atoms with Crippen LogP contribution in [-0.4, -0.2) is 29.8 Å². The number of benzene rings is 1. The van der Waals surface area contributed by atoms with Crippen LogP contribution < -0.4 is 0 Å². The minimum Gasteiger partial charge on any atom is -0.469 e. The zero-order valence-electron chi connectivity index (χ0n) is 11.6. The SMILES string of the molecule is COC(=O)Cc1ccccc1CN1C(=O)CC(C)C1=O. The van der Waals surface area contributed by atoms with Crippen LogP contribution in [0.15, 0.2) is 24.3 Å². The predicted molar refractivity (Wildman–Crippen MR) is 71.5 cm³/mol. The fourth-order valence-electron chi connectivity index (χ4n) is 2.30. The van der Waals surface area contributed by atoms with E-state index in [0.29, 0.717) is 0 Å². The summed E-state index contributed by atoms with van der Waals surface area (Å²) >= 11 is 0. The van der Waals surface area contributed by atoms with Gasteiger partial charge < -0.3 is 4.74 Å². The van der Waals surface area contributed by atoms with E-state index in [4.69, 9.17) is 0 Å². The summed E-state index contributed by atoms with van der Waals surface area (Å²) in [6, 6.07) is 7.27. The van der Waals surface area contributed by atoms with Gasteiger partial charge in [-0.3, -0.25) is 19.3 Å². The van der Waals surface area contributed by atoms with Gasteiger partial charge in [-0.05, 0) is 11.1 Å². The summed E-state index contributed by atoms with van der Waals surface area (Å²) < 4.78 is 4.65. The van der Waals surface area contributed by atoms with E-state index in [0.717, 1.165) is 11.1 Å². The Kier molecular flexibility index (Phi) is 4.17. The van der Waals surface area contributed by atoms with Crippen LogP contribution in [0.2, 0.25) is 0 Å². The number of methoxy groups -OCH3 is 1. The molecule has 1 fully saturated rings. The van der Waals surface area contributed by atoms with Crippen LogP contribution in [0.1, 0.15) is 24.5 Å². The number of nitrogens with zero attached hydrogens (tertiary/aromatic N) is 1.